The number of imidazole rings is 1. The number of phosphoric ester groups is 4. The molecule has 7 aliphatic rings. The lowest BCUT2D eigenvalue weighted by Crippen LogP contribution is -2.41. The van der Waals surface area contributed by atoms with E-state index in [0.717, 1.165) is 133 Å². The molecule has 0 aromatic carbocycles. The van der Waals surface area contributed by atoms with Crippen LogP contribution in [-0.2, 0) is 150 Å². The summed E-state index contributed by atoms with van der Waals surface area (Å²) in [6, 6.07) is 4.76. The van der Waals surface area contributed by atoms with Gasteiger partial charge in [-0.25, -0.2) is 51.8 Å². The summed E-state index contributed by atoms with van der Waals surface area (Å²) >= 11 is 9.60. The minimum absolute atomic E-state index is 0.0884. The van der Waals surface area contributed by atoms with E-state index >= 15 is 0 Å². The fourth-order valence-electron chi connectivity index (χ4n) is 15.9. The molecule has 0 amide bonds. The van der Waals surface area contributed by atoms with Gasteiger partial charge >= 0.3 is 73.3 Å². The first-order valence-corrected chi connectivity index (χ1v) is 51.2. The van der Waals surface area contributed by atoms with E-state index in [2.05, 4.69) is 42.2 Å². The summed E-state index contributed by atoms with van der Waals surface area (Å²) in [7, 11) is -16.8. The van der Waals surface area contributed by atoms with Gasteiger partial charge in [0.25, 0.3) is 27.8 Å². The Morgan fingerprint density at radius 1 is 0.426 bits per heavy atom. The van der Waals surface area contributed by atoms with Crippen molar-refractivity contribution in [1.29, 1.82) is 0 Å². The second-order valence-corrected chi connectivity index (χ2v) is 41.6. The molecule has 7 saturated heterocycles. The molecule has 136 heavy (non-hydrogen) atoms. The molecular formula is C66H90N16O46P6S2. The number of hydrogen-bond donors (Lipinski definition) is 14. The van der Waals surface area contributed by atoms with Crippen LogP contribution in [0.2, 0.25) is 0 Å². The number of aliphatic hydroxyl groups excluding tert-OH is 1. The fraction of sp³-hybridized carbons (Fsp3) is 0.621. The van der Waals surface area contributed by atoms with Crippen molar-refractivity contribution < 1.29 is 168 Å². The number of nitrogens with two attached hydrogens (primary N) is 2. The van der Waals surface area contributed by atoms with Gasteiger partial charge in [0, 0.05) is 111 Å². The van der Waals surface area contributed by atoms with Gasteiger partial charge in [0.05, 0.1) is 58.2 Å². The highest BCUT2D eigenvalue weighted by Crippen LogP contribution is 2.60. The van der Waals surface area contributed by atoms with Crippen molar-refractivity contribution in [2.75, 3.05) is 100 Å². The second-order valence-electron chi connectivity index (χ2n) is 30.4. The molecule has 0 saturated carbocycles. The number of thiol groups is 1. The van der Waals surface area contributed by atoms with E-state index < -0.39 is 306 Å². The molecule has 62 nitrogen and oxygen atoms in total. The van der Waals surface area contributed by atoms with Gasteiger partial charge in [-0.3, -0.25) is 126 Å². The Morgan fingerprint density at radius 3 is 1.12 bits per heavy atom. The average Bonchev–Trinajstić information content (AvgIpc) is 1.61. The summed E-state index contributed by atoms with van der Waals surface area (Å²) in [6.07, 6.45) is -38.1. The molecule has 15 N–H and O–H groups in total. The molecule has 32 atom stereocenters. The Labute approximate surface area is 768 Å². The molecule has 14 rings (SSSR count). The number of hydrogen-bond acceptors (Lipinski definition) is 47. The van der Waals surface area contributed by atoms with Crippen LogP contribution in [0.3, 0.4) is 0 Å². The van der Waals surface area contributed by atoms with E-state index in [0.29, 0.717) is 4.57 Å². The molecule has 12 unspecified atom stereocenters. The van der Waals surface area contributed by atoms with Gasteiger partial charge in [0.2, 0.25) is 5.95 Å². The zero-order valence-electron chi connectivity index (χ0n) is 71.3. The van der Waals surface area contributed by atoms with E-state index in [4.69, 9.17) is 139 Å². The number of methoxy groups -OCH3 is 6. The number of H-pyrrole nitrogens is 5. The predicted molar refractivity (Wildman–Crippen MR) is 452 cm³/mol. The van der Waals surface area contributed by atoms with E-state index in [1.54, 1.807) is 0 Å². The van der Waals surface area contributed by atoms with Crippen molar-refractivity contribution in [2.24, 2.45) is 0 Å². The monoisotopic (exact) mass is 2090 g/mol. The number of fused-ring (bicyclic) bond motifs is 1. The molecule has 752 valence electrons. The van der Waals surface area contributed by atoms with Gasteiger partial charge in [0.1, 0.15) is 116 Å². The smallest absolute Gasteiger partial charge is 0.394 e. The zero-order valence-corrected chi connectivity index (χ0v) is 78.3. The molecular weight excluding hydrogens is 2000 g/mol. The third kappa shape index (κ3) is 23.4. The molecule has 7 aromatic heterocycles. The van der Waals surface area contributed by atoms with Gasteiger partial charge in [-0.15, -0.1) is 0 Å². The normalized spacial score (nSPS) is 32.9. The molecule has 70 heteroatoms. The number of nitrogens with zero attached hydrogens (tertiary/aromatic N) is 9. The summed E-state index contributed by atoms with van der Waals surface area (Å²) < 4.78 is 223. The lowest BCUT2D eigenvalue weighted by atomic mass is 10.1. The second kappa shape index (κ2) is 42.7. The Hall–Kier alpha value is -7.54. The van der Waals surface area contributed by atoms with Crippen LogP contribution in [0.15, 0.2) is 116 Å². The summed E-state index contributed by atoms with van der Waals surface area (Å²) in [6.45, 7) is -14.7. The van der Waals surface area contributed by atoms with Crippen molar-refractivity contribution in [3.8, 4) is 0 Å². The maximum atomic E-state index is 14.9. The number of aliphatic hydroxyl groups is 1. The molecule has 0 spiro atoms. The van der Waals surface area contributed by atoms with Gasteiger partial charge in [0.15, 0.2) is 48.5 Å². The summed E-state index contributed by atoms with van der Waals surface area (Å²) in [5.41, 5.74) is 1.30. The zero-order chi connectivity index (χ0) is 98.3. The standard InChI is InChI=1S/C66H90N16O46P6S2/c1-27-41(47(104-2)55(116-27)78-15-9-36(84)71-63(78)90)123-129(94,95)111-23-32-44(50(107-5)60(121-32)82-26-69-40-53(82)75-61(68)76-54(40)88)126-131(98,99)113-21-30-42(48(105-3)56(117-30)77-14-8-35(67)70-62(77)89)124-130(96,97)112-22-31-43(49(106-4)57(118-31)79-16-10-37(85)72-64(79)91)125-132(100,101)114-24-33-45(51(108-6)58(119-33)80-17-11-38(86)73-65(80)92)127-133(102,135)115-25-34-46(128-134(103,136)122-28-13-19-110-29(28)20-83)52(109-7)59(120-34)81-18-12-39(87)74-66(81)93/h8-12,14-18,26-34,41-52,55-60,83H,13,19-25H2,1-7H3,(H,94,95)(H,96,97)(H,98,99)(H,100,101)(H,102,135)(H,103,136)(H2,67,70,89)(H,71,84,90)(H,72,85,91)(H,73,86,92)(H,74,87,93)(H3,68,75,76,88)/t27-,28+,29+,30-,31-,32-,33-,34-,41+,42+,43+,44+,45+,46+,47?,48?,49?,50?,51?,52?,55-,56-,57-,58-,59-,60-,133?,134?/m1/s1. The maximum Gasteiger partial charge on any atom is 0.472 e. The van der Waals surface area contributed by atoms with Gasteiger partial charge < -0.3 is 107 Å². The van der Waals surface area contributed by atoms with Gasteiger partial charge in [-0.05, 0) is 24.8 Å². The van der Waals surface area contributed by atoms with Crippen LogP contribution in [0.25, 0.3) is 11.2 Å². The van der Waals surface area contributed by atoms with Crippen LogP contribution >= 0.6 is 57.1 Å². The Kier molecular flexibility index (Phi) is 32.8. The average molecular weight is 2090 g/mol. The fourth-order valence-corrected chi connectivity index (χ4v) is 23.1. The van der Waals surface area contributed by atoms with Crippen LogP contribution in [-0.4, -0.2) is 308 Å². The lowest BCUT2D eigenvalue weighted by Gasteiger charge is -2.30. The molecule has 0 radical (unpaired) electrons. The summed E-state index contributed by atoms with van der Waals surface area (Å²) in [5, 5.41) is 9.91. The summed E-state index contributed by atoms with van der Waals surface area (Å²) in [4.78, 5) is 210. The lowest BCUT2D eigenvalue weighted by molar-refractivity contribution is -0.0681. The number of aromatic amines is 5. The topological polar surface area (TPSA) is 807 Å². The largest absolute Gasteiger partial charge is 0.472 e. The molecule has 7 aliphatic heterocycles. The van der Waals surface area contributed by atoms with Crippen molar-refractivity contribution in [1.82, 2.24) is 67.3 Å². The minimum Gasteiger partial charge on any atom is -0.394 e. The van der Waals surface area contributed by atoms with Crippen LogP contribution in [0, 0.1) is 0 Å². The first kappa shape index (κ1) is 104. The highest BCUT2D eigenvalue weighted by atomic mass is 32.7. The van der Waals surface area contributed by atoms with Crippen molar-refractivity contribution in [2.45, 2.75) is 173 Å². The van der Waals surface area contributed by atoms with E-state index in [-0.39, 0.29) is 30.0 Å². The Balaban J connectivity index is 0.705. The number of nitrogens with one attached hydrogen (secondary N) is 5. The third-order valence-electron chi connectivity index (χ3n) is 22.0. The number of nitrogen functional groups attached to an aromatic ring is 2. The van der Waals surface area contributed by atoms with Crippen LogP contribution < -0.4 is 67.7 Å². The van der Waals surface area contributed by atoms with Gasteiger partial charge in [-0.1, -0.05) is 12.2 Å². The quantitative estimate of drug-likeness (QED) is 0.0127. The molecule has 14 heterocycles. The van der Waals surface area contributed by atoms with Crippen LogP contribution in [0.5, 0.6) is 0 Å². The number of aromatic nitrogens is 14. The summed E-state index contributed by atoms with van der Waals surface area (Å²) in [5.74, 6) is -0.760. The van der Waals surface area contributed by atoms with Crippen LogP contribution in [0.4, 0.5) is 11.8 Å². The number of phosphoric acid groups is 4. The molecule has 0 aliphatic carbocycles. The predicted octanol–water partition coefficient (Wildman–Crippen LogP) is -4.55. The minimum atomic E-state index is -5.95. The Morgan fingerprint density at radius 2 is 0.757 bits per heavy atom. The number of anilines is 2. The van der Waals surface area contributed by atoms with Crippen molar-refractivity contribution >= 4 is 91.8 Å². The van der Waals surface area contributed by atoms with Crippen LogP contribution in [0.1, 0.15) is 50.7 Å². The molecule has 7 fully saturated rings. The first-order chi connectivity index (χ1) is 64.3. The van der Waals surface area contributed by atoms with Crippen molar-refractivity contribution in [3.05, 3.63) is 172 Å². The van der Waals surface area contributed by atoms with Gasteiger partial charge in [-0.2, -0.15) is 9.97 Å². The van der Waals surface area contributed by atoms with E-state index in [9.17, 15) is 100 Å². The highest BCUT2D eigenvalue weighted by molar-refractivity contribution is 8.44. The van der Waals surface area contributed by atoms with E-state index in [1.807, 2.05) is 9.97 Å². The maximum absolute atomic E-state index is 14.9. The van der Waals surface area contributed by atoms with Crippen molar-refractivity contribution in [3.63, 3.8) is 0 Å². The first-order valence-electron chi connectivity index (χ1n) is 39.9. The SMILES string of the molecule is COC1[C@@H](OP(=O)(O)OC[C@H]2O[C@@H](n3cnc4c(=O)[nH]c(N)nc43)C(OC)[C@H]2OP(=O)(O)OC[C@H]2O[C@@H](n3ccc(N)nc3=O)C(OC)[C@H]2OP(=O)(O)OC[C@H]2O[C@@H](n3ccc(=O)[nH]c3=O)C(OC)[C@H]2OP(=O)(O)OC[C@H]2O[C@@H](n3ccc(=O)[nH]c3=O)C(OC)[C@H]2OP(=O)(S)OC[C@H]2O[C@@H](n3ccc(=O)[nH]c3=O)C(OC)[C@H]2OP(O)(=S)O[C@H]2CCO[C@H]2CO)[C@@H](C)O[C@H]1n1ccc(=O)[nH]c1=O. The number of ether oxygens (including phenoxy) is 13. The third-order valence-corrected chi connectivity index (χ3v) is 29.1. The Bertz CT molecular complexity index is 6440. The number of rotatable bonds is 42. The molecule has 0 bridgehead atoms. The highest BCUT2D eigenvalue weighted by Gasteiger charge is 2.59. The van der Waals surface area contributed by atoms with E-state index in [1.165, 1.54) is 6.92 Å². The molecule has 7 aromatic rings.